The number of aromatic nitrogens is 1. The minimum absolute atomic E-state index is 0.139. The summed E-state index contributed by atoms with van der Waals surface area (Å²) >= 11 is 0. The van der Waals surface area contributed by atoms with Crippen LogP contribution in [0.4, 0.5) is 17.1 Å². The van der Waals surface area contributed by atoms with Crippen molar-refractivity contribution in [2.45, 2.75) is 12.3 Å². The van der Waals surface area contributed by atoms with Gasteiger partial charge in [-0.2, -0.15) is 0 Å². The normalized spacial score (nSPS) is 13.6. The molecule has 2 heterocycles. The van der Waals surface area contributed by atoms with E-state index in [1.165, 1.54) is 76.6 Å². The maximum absolute atomic E-state index is 6.50. The Morgan fingerprint density at radius 1 is 0.431 bits per heavy atom. The van der Waals surface area contributed by atoms with Crippen LogP contribution >= 0.6 is 0 Å². The van der Waals surface area contributed by atoms with Crippen molar-refractivity contribution in [1.82, 2.24) is 4.57 Å². The molecule has 3 heteroatoms. The molecule has 0 bridgehead atoms. The predicted molar refractivity (Wildman–Crippen MR) is 273 cm³/mol. The van der Waals surface area contributed by atoms with Crippen LogP contribution in [0.2, 0.25) is 0 Å². The van der Waals surface area contributed by atoms with Crippen molar-refractivity contribution in [3.8, 4) is 27.9 Å². The Morgan fingerprint density at radius 3 is 1.83 bits per heavy atom. The van der Waals surface area contributed by atoms with E-state index >= 15 is 0 Å². The third kappa shape index (κ3) is 6.35. The summed E-state index contributed by atoms with van der Waals surface area (Å²) in [5, 5.41) is 8.63. The Morgan fingerprint density at radius 2 is 1.05 bits per heavy atom. The second-order valence-corrected chi connectivity index (χ2v) is 17.3. The largest absolute Gasteiger partial charge is 0.456 e. The highest BCUT2D eigenvalue weighted by atomic mass is 16.3. The van der Waals surface area contributed by atoms with Crippen LogP contribution in [0.3, 0.4) is 0 Å². The Balaban J connectivity index is 0.917. The quantitative estimate of drug-likeness (QED) is 0.160. The Labute approximate surface area is 377 Å². The van der Waals surface area contributed by atoms with Crippen molar-refractivity contribution in [2.75, 3.05) is 4.90 Å². The van der Waals surface area contributed by atoms with E-state index < -0.39 is 0 Å². The summed E-state index contributed by atoms with van der Waals surface area (Å²) in [6, 6.07) is 81.8. The maximum Gasteiger partial charge on any atom is 0.135 e. The molecular formula is C62H42N2O. The first kappa shape index (κ1) is 37.2. The molecule has 0 saturated carbocycles. The molecule has 65 heavy (non-hydrogen) atoms. The molecule has 0 fully saturated rings. The number of para-hydroxylation sites is 3. The summed E-state index contributed by atoms with van der Waals surface area (Å²) < 4.78 is 8.89. The van der Waals surface area contributed by atoms with Crippen LogP contribution in [-0.2, 0) is 6.42 Å². The zero-order valence-electron chi connectivity index (χ0n) is 35.6. The van der Waals surface area contributed by atoms with Gasteiger partial charge in [-0.1, -0.05) is 158 Å². The van der Waals surface area contributed by atoms with Crippen molar-refractivity contribution in [3.05, 3.63) is 247 Å². The molecule has 1 aliphatic carbocycles. The van der Waals surface area contributed by atoms with Gasteiger partial charge in [0, 0.05) is 50.4 Å². The average molecular weight is 831 g/mol. The van der Waals surface area contributed by atoms with E-state index in [2.05, 4.69) is 246 Å². The fourth-order valence-electron chi connectivity index (χ4n) is 10.4. The molecule has 3 nitrogen and oxygen atoms in total. The number of nitrogens with zero attached hydrogens (tertiary/aromatic N) is 2. The fourth-order valence-corrected chi connectivity index (χ4v) is 10.4. The van der Waals surface area contributed by atoms with Gasteiger partial charge in [0.25, 0.3) is 0 Å². The van der Waals surface area contributed by atoms with Gasteiger partial charge in [0.1, 0.15) is 11.3 Å². The van der Waals surface area contributed by atoms with Crippen LogP contribution in [0.25, 0.3) is 88.3 Å². The van der Waals surface area contributed by atoms with E-state index in [0.717, 1.165) is 46.1 Å². The highest BCUT2D eigenvalue weighted by molar-refractivity contribution is 6.09. The molecule has 13 rings (SSSR count). The Hall–Kier alpha value is -8.40. The zero-order valence-corrected chi connectivity index (χ0v) is 35.6. The van der Waals surface area contributed by atoms with Gasteiger partial charge in [-0.15, -0.1) is 0 Å². The maximum atomic E-state index is 6.50. The predicted octanol–water partition coefficient (Wildman–Crippen LogP) is 17.0. The van der Waals surface area contributed by atoms with Crippen molar-refractivity contribution >= 4 is 77.5 Å². The Kier molecular flexibility index (Phi) is 8.67. The second kappa shape index (κ2) is 15.1. The summed E-state index contributed by atoms with van der Waals surface area (Å²) in [5.74, 6) is 1.10. The van der Waals surface area contributed by atoms with Gasteiger partial charge in [-0.3, -0.25) is 0 Å². The van der Waals surface area contributed by atoms with Gasteiger partial charge < -0.3 is 13.9 Å². The van der Waals surface area contributed by atoms with Gasteiger partial charge in [0.2, 0.25) is 0 Å². The number of rotatable bonds is 7. The number of furan rings is 1. The summed E-state index contributed by atoms with van der Waals surface area (Å²) in [6.45, 7) is 0. The Bertz CT molecular complexity index is 3780. The molecule has 306 valence electrons. The van der Waals surface area contributed by atoms with E-state index in [4.69, 9.17) is 4.42 Å². The fraction of sp³-hybridized carbons (Fsp3) is 0.0323. The first-order chi connectivity index (χ1) is 32.2. The molecule has 12 aromatic rings. The number of anilines is 3. The molecule has 1 unspecified atom stereocenters. The smallest absolute Gasteiger partial charge is 0.135 e. The molecule has 0 amide bonds. The number of fused-ring (bicyclic) bond motifs is 8. The van der Waals surface area contributed by atoms with Crippen LogP contribution in [0.15, 0.2) is 235 Å². The summed E-state index contributed by atoms with van der Waals surface area (Å²) in [5.41, 5.74) is 15.1. The molecule has 1 atom stereocenters. The lowest BCUT2D eigenvalue weighted by atomic mass is 9.85. The van der Waals surface area contributed by atoms with Crippen LogP contribution in [0.1, 0.15) is 22.8 Å². The van der Waals surface area contributed by atoms with Crippen LogP contribution in [0.5, 0.6) is 0 Å². The summed E-state index contributed by atoms with van der Waals surface area (Å²) in [7, 11) is 0. The number of hydrogen-bond acceptors (Lipinski definition) is 2. The molecule has 1 aliphatic rings. The summed E-state index contributed by atoms with van der Waals surface area (Å²) in [6.07, 6.45) is 5.37. The van der Waals surface area contributed by atoms with Crippen LogP contribution in [0, 0.1) is 0 Å². The molecule has 0 radical (unpaired) electrons. The van der Waals surface area contributed by atoms with Crippen LogP contribution < -0.4 is 4.90 Å². The third-order valence-electron chi connectivity index (χ3n) is 13.5. The van der Waals surface area contributed by atoms with Gasteiger partial charge in [-0.25, -0.2) is 0 Å². The van der Waals surface area contributed by atoms with Gasteiger partial charge in [-0.05, 0) is 135 Å². The molecule has 0 N–H and O–H groups in total. The van der Waals surface area contributed by atoms with Gasteiger partial charge >= 0.3 is 0 Å². The topological polar surface area (TPSA) is 21.3 Å². The van der Waals surface area contributed by atoms with E-state index in [-0.39, 0.29) is 5.92 Å². The van der Waals surface area contributed by atoms with Crippen molar-refractivity contribution in [2.24, 2.45) is 0 Å². The molecule has 10 aromatic carbocycles. The molecule has 2 aromatic heterocycles. The first-order valence-corrected chi connectivity index (χ1v) is 22.5. The average Bonchev–Trinajstić information content (AvgIpc) is 3.91. The van der Waals surface area contributed by atoms with E-state index in [0.29, 0.717) is 0 Å². The minimum Gasteiger partial charge on any atom is -0.456 e. The number of benzene rings is 10. The van der Waals surface area contributed by atoms with Crippen molar-refractivity contribution in [1.29, 1.82) is 0 Å². The molecule has 0 spiro atoms. The highest BCUT2D eigenvalue weighted by Gasteiger charge is 2.26. The number of allylic oxidation sites excluding steroid dienone is 1. The van der Waals surface area contributed by atoms with Crippen molar-refractivity contribution < 1.29 is 4.42 Å². The van der Waals surface area contributed by atoms with E-state index in [9.17, 15) is 0 Å². The monoisotopic (exact) mass is 830 g/mol. The first-order valence-electron chi connectivity index (χ1n) is 22.5. The molecule has 0 saturated heterocycles. The highest BCUT2D eigenvalue weighted by Crippen LogP contribution is 2.45. The van der Waals surface area contributed by atoms with Crippen molar-refractivity contribution in [3.63, 3.8) is 0 Å². The number of hydrogen-bond donors (Lipinski definition) is 0. The second-order valence-electron chi connectivity index (χ2n) is 17.3. The molecular weight excluding hydrogens is 789 g/mol. The zero-order chi connectivity index (χ0) is 42.8. The van der Waals surface area contributed by atoms with E-state index in [1.54, 1.807) is 0 Å². The minimum atomic E-state index is 0.139. The van der Waals surface area contributed by atoms with Gasteiger partial charge in [0.05, 0.1) is 11.0 Å². The van der Waals surface area contributed by atoms with E-state index in [1.807, 2.05) is 0 Å². The lowest BCUT2D eigenvalue weighted by Gasteiger charge is -2.30. The summed E-state index contributed by atoms with van der Waals surface area (Å²) in [4.78, 5) is 2.45. The third-order valence-corrected chi connectivity index (χ3v) is 13.5. The standard InChI is InChI=1S/C62H42N2O/c1-2-14-43-35-48(28-27-41(43)13-1)45-18-12-19-51(37-45)63(58-24-8-5-21-53(58)49-31-34-61-56(39-49)57-38-46-15-3-4-16-47(46)40-62(57)65-61)50-32-29-42(30-33-50)44-17-11-20-52(36-44)64-59-25-9-6-22-54(59)55-23-7-10-26-60(55)64/h1-38,40,49H,39H2. The SMILES string of the molecule is C1=CC(c2ccccc2N(c2ccc(-c3cccc(-n4c5ccccc5c5ccccc54)c3)cc2)c2cccc(-c3ccc4ccccc4c3)c2)Cc2c1oc1cc3ccccc3cc21. The van der Waals surface area contributed by atoms with Gasteiger partial charge in [0.15, 0.2) is 0 Å². The van der Waals surface area contributed by atoms with Crippen LogP contribution in [-0.4, -0.2) is 4.57 Å². The molecule has 0 aliphatic heterocycles. The lowest BCUT2D eigenvalue weighted by molar-refractivity contribution is 0.592. The lowest BCUT2D eigenvalue weighted by Crippen LogP contribution is -2.15.